The zero-order valence-electron chi connectivity index (χ0n) is 14.1. The Kier molecular flexibility index (Phi) is 5.12. The molecule has 2 aliphatic heterocycles. The van der Waals surface area contributed by atoms with Crippen LogP contribution in [0.5, 0.6) is 0 Å². The standard InChI is InChI=1S/C20H22IN3S/c1-21-16-8-6-15(7-9-16)14-22-19-20(10-12-25-13-11-20)24-18-5-3-2-4-17(18)23-19/h2-9,24H,1,10-14H2,(H,22,23). The number of thioether (sulfide) groups is 1. The van der Waals surface area contributed by atoms with Crippen LogP contribution < -0.4 is 10.6 Å². The smallest absolute Gasteiger partial charge is 0.127 e. The first kappa shape index (κ1) is 17.1. The molecule has 1 saturated heterocycles. The number of fused-ring (bicyclic) bond motifs is 1. The summed E-state index contributed by atoms with van der Waals surface area (Å²) < 4.78 is 5.42. The van der Waals surface area contributed by atoms with Crippen molar-refractivity contribution in [2.45, 2.75) is 24.9 Å². The molecule has 2 N–H and O–H groups in total. The van der Waals surface area contributed by atoms with Gasteiger partial charge in [0.25, 0.3) is 0 Å². The molecule has 2 aromatic rings. The number of halogens is 1. The van der Waals surface area contributed by atoms with Crippen LogP contribution in [0.3, 0.4) is 0 Å². The molecule has 0 amide bonds. The fraction of sp³-hybridized carbons (Fsp3) is 0.300. The summed E-state index contributed by atoms with van der Waals surface area (Å²) in [5, 5.41) is 7.43. The van der Waals surface area contributed by atoms with E-state index in [9.17, 15) is 0 Å². The Morgan fingerprint density at radius 1 is 1.04 bits per heavy atom. The van der Waals surface area contributed by atoms with Gasteiger partial charge in [0.2, 0.25) is 0 Å². The number of amidine groups is 1. The Hall–Kier alpha value is -1.34. The van der Waals surface area contributed by atoms with E-state index in [0.717, 1.165) is 30.9 Å². The number of nitrogens with one attached hydrogen (secondary N) is 2. The predicted molar refractivity (Wildman–Crippen MR) is 120 cm³/mol. The molecule has 1 fully saturated rings. The number of nitrogens with zero attached hydrogens (tertiary/aromatic N) is 1. The molecular formula is C20H22IN3S. The van der Waals surface area contributed by atoms with Gasteiger partial charge in [-0.2, -0.15) is 11.8 Å². The summed E-state index contributed by atoms with van der Waals surface area (Å²) in [4.78, 5) is 5.01. The Balaban J connectivity index is 1.63. The number of aliphatic imine (C=N–C) groups is 1. The maximum Gasteiger partial charge on any atom is 0.127 e. The minimum atomic E-state index is -0.0820. The van der Waals surface area contributed by atoms with Crippen LogP contribution in [0, 0.1) is 3.57 Å². The fourth-order valence-electron chi connectivity index (χ4n) is 3.39. The molecule has 0 radical (unpaired) electrons. The molecule has 2 aromatic carbocycles. The summed E-state index contributed by atoms with van der Waals surface area (Å²) >= 11 is 1.96. The van der Waals surface area contributed by atoms with Crippen LogP contribution >= 0.6 is 32.5 Å². The highest BCUT2D eigenvalue weighted by molar-refractivity contribution is 14.2. The average Bonchev–Trinajstić information content (AvgIpc) is 2.67. The van der Waals surface area contributed by atoms with Gasteiger partial charge in [0.05, 0.1) is 23.5 Å². The molecular weight excluding hydrogens is 441 g/mol. The zero-order valence-corrected chi connectivity index (χ0v) is 17.1. The van der Waals surface area contributed by atoms with E-state index in [2.05, 4.69) is 63.7 Å². The highest BCUT2D eigenvalue weighted by Crippen LogP contribution is 2.38. The lowest BCUT2D eigenvalue weighted by Gasteiger charge is -2.43. The third-order valence-electron chi connectivity index (χ3n) is 4.84. The van der Waals surface area contributed by atoms with Crippen LogP contribution in [0.4, 0.5) is 11.4 Å². The van der Waals surface area contributed by atoms with E-state index in [1.807, 2.05) is 11.8 Å². The number of anilines is 2. The molecule has 0 unspecified atom stereocenters. The van der Waals surface area contributed by atoms with E-state index in [1.165, 1.54) is 26.3 Å². The van der Waals surface area contributed by atoms with Gasteiger partial charge in [-0.1, -0.05) is 49.5 Å². The van der Waals surface area contributed by atoms with Crippen molar-refractivity contribution in [1.29, 1.82) is 0 Å². The maximum atomic E-state index is 5.01. The lowest BCUT2D eigenvalue weighted by Crippen LogP contribution is -2.54. The van der Waals surface area contributed by atoms with Crippen molar-refractivity contribution in [2.24, 2.45) is 4.99 Å². The number of para-hydroxylation sites is 2. The van der Waals surface area contributed by atoms with Gasteiger partial charge < -0.3 is 10.6 Å². The number of hydrogen-bond acceptors (Lipinski definition) is 3. The molecule has 0 saturated carbocycles. The van der Waals surface area contributed by atoms with E-state index >= 15 is 0 Å². The molecule has 1 spiro atoms. The second kappa shape index (κ2) is 7.50. The van der Waals surface area contributed by atoms with Crippen LogP contribution in [0.1, 0.15) is 18.4 Å². The molecule has 2 heterocycles. The molecule has 0 aliphatic carbocycles. The summed E-state index contributed by atoms with van der Waals surface area (Å²) in [6, 6.07) is 17.2. The Morgan fingerprint density at radius 3 is 2.48 bits per heavy atom. The van der Waals surface area contributed by atoms with Crippen LogP contribution in [0.25, 0.3) is 0 Å². The summed E-state index contributed by atoms with van der Waals surface area (Å²) in [5.41, 5.74) is 3.53. The van der Waals surface area contributed by atoms with Gasteiger partial charge in [0.1, 0.15) is 5.84 Å². The van der Waals surface area contributed by atoms with Gasteiger partial charge >= 0.3 is 0 Å². The van der Waals surface area contributed by atoms with Crippen molar-refractivity contribution in [3.63, 3.8) is 0 Å². The predicted octanol–water partition coefficient (Wildman–Crippen LogP) is 4.96. The quantitative estimate of drug-likeness (QED) is 0.632. The molecule has 0 bridgehead atoms. The Morgan fingerprint density at radius 2 is 1.76 bits per heavy atom. The lowest BCUT2D eigenvalue weighted by molar-refractivity contribution is 0.560. The first-order valence-corrected chi connectivity index (χ1v) is 12.3. The average molecular weight is 463 g/mol. The molecule has 0 atom stereocenters. The third-order valence-corrected chi connectivity index (χ3v) is 7.43. The van der Waals surface area contributed by atoms with E-state index in [1.54, 1.807) is 0 Å². The summed E-state index contributed by atoms with van der Waals surface area (Å²) in [7, 11) is 0. The maximum absolute atomic E-state index is 5.01. The van der Waals surface area contributed by atoms with Crippen LogP contribution in [-0.4, -0.2) is 27.4 Å². The highest BCUT2D eigenvalue weighted by atomic mass is 127. The number of hydrogen-bond donors (Lipinski definition) is 2. The number of rotatable bonds is 3. The van der Waals surface area contributed by atoms with Crippen molar-refractivity contribution >= 4 is 54.2 Å². The van der Waals surface area contributed by atoms with Crippen molar-refractivity contribution in [2.75, 3.05) is 22.1 Å². The Labute approximate surface area is 163 Å². The van der Waals surface area contributed by atoms with Crippen molar-refractivity contribution in [1.82, 2.24) is 0 Å². The van der Waals surface area contributed by atoms with E-state index in [0.29, 0.717) is 0 Å². The van der Waals surface area contributed by atoms with Crippen molar-refractivity contribution in [3.05, 3.63) is 57.7 Å². The van der Waals surface area contributed by atoms with E-state index in [4.69, 9.17) is 4.99 Å². The summed E-state index contributed by atoms with van der Waals surface area (Å²) in [6.45, 7) is 0.719. The normalized spacial score (nSPS) is 19.9. The van der Waals surface area contributed by atoms with Gasteiger partial charge in [-0.15, -0.1) is 0 Å². The fourth-order valence-corrected chi connectivity index (χ4v) is 5.44. The highest BCUT2D eigenvalue weighted by Gasteiger charge is 2.40. The topological polar surface area (TPSA) is 36.4 Å². The van der Waals surface area contributed by atoms with E-state index < -0.39 is 0 Å². The van der Waals surface area contributed by atoms with Gasteiger partial charge in [-0.05, 0) is 54.2 Å². The SMILES string of the molecule is C=Ic1ccc(CN=C2Nc3ccccc3NC23CCSCC3)cc1. The minimum absolute atomic E-state index is 0.0433. The largest absolute Gasteiger partial charge is 0.371 e. The summed E-state index contributed by atoms with van der Waals surface area (Å²) in [5.74, 6) is 3.45. The number of benzene rings is 2. The molecule has 5 heteroatoms. The minimum Gasteiger partial charge on any atom is -0.371 e. The third kappa shape index (κ3) is 3.62. The Bertz CT molecular complexity index is 795. The molecule has 0 aromatic heterocycles. The van der Waals surface area contributed by atoms with Gasteiger partial charge in [0, 0.05) is 3.57 Å². The van der Waals surface area contributed by atoms with Crippen LogP contribution in [0.15, 0.2) is 53.5 Å². The van der Waals surface area contributed by atoms with Crippen LogP contribution in [0.2, 0.25) is 0 Å². The first-order chi connectivity index (χ1) is 12.3. The molecule has 25 heavy (non-hydrogen) atoms. The molecule has 3 nitrogen and oxygen atoms in total. The van der Waals surface area contributed by atoms with E-state index in [-0.39, 0.29) is 26.3 Å². The molecule has 4 rings (SSSR count). The van der Waals surface area contributed by atoms with Crippen LogP contribution in [-0.2, 0) is 6.54 Å². The van der Waals surface area contributed by atoms with Gasteiger partial charge in [-0.25, -0.2) is 0 Å². The molecule has 2 aliphatic rings. The lowest BCUT2D eigenvalue weighted by atomic mass is 9.87. The monoisotopic (exact) mass is 463 g/mol. The van der Waals surface area contributed by atoms with Gasteiger partial charge in [-0.3, -0.25) is 4.99 Å². The summed E-state index contributed by atoms with van der Waals surface area (Å²) in [6.07, 6.45) is 2.23. The van der Waals surface area contributed by atoms with Crippen molar-refractivity contribution in [3.8, 4) is 0 Å². The zero-order chi connectivity index (χ0) is 17.1. The van der Waals surface area contributed by atoms with Crippen molar-refractivity contribution < 1.29 is 0 Å². The second-order valence-electron chi connectivity index (χ2n) is 6.41. The molecule has 130 valence electrons. The second-order valence-corrected chi connectivity index (χ2v) is 9.65. The van der Waals surface area contributed by atoms with Gasteiger partial charge in [0.15, 0.2) is 0 Å². The first-order valence-electron chi connectivity index (χ1n) is 8.53.